The lowest BCUT2D eigenvalue weighted by Gasteiger charge is -2.25. The molecule has 0 bridgehead atoms. The summed E-state index contributed by atoms with van der Waals surface area (Å²) in [5.41, 5.74) is 4.95. The second-order valence-corrected chi connectivity index (χ2v) is 3.87. The molecule has 0 aromatic heterocycles. The first kappa shape index (κ1) is 14.5. The van der Waals surface area contributed by atoms with Gasteiger partial charge in [-0.15, -0.1) is 0 Å². The number of aliphatic imine (C=N–C) groups is 1. The number of nitrogens with zero attached hydrogens (tertiary/aromatic N) is 2. The molecule has 0 aliphatic heterocycles. The average molecular weight is 250 g/mol. The maximum atomic E-state index is 5.56. The van der Waals surface area contributed by atoms with Crippen LogP contribution >= 0.6 is 0 Å². The fourth-order valence-corrected chi connectivity index (χ4v) is 1.75. The molecule has 0 saturated heterocycles. The van der Waals surface area contributed by atoms with Crippen molar-refractivity contribution < 1.29 is 4.74 Å². The summed E-state index contributed by atoms with van der Waals surface area (Å²) in [7, 11) is 1.66. The number of hydrogen-bond acceptors (Lipinski definition) is 3. The van der Waals surface area contributed by atoms with E-state index in [1.165, 1.54) is 5.56 Å². The Bertz CT molecular complexity index is 392. The second-order valence-electron chi connectivity index (χ2n) is 3.87. The zero-order chi connectivity index (χ0) is 13.4. The van der Waals surface area contributed by atoms with Gasteiger partial charge in [-0.25, -0.2) is 10.8 Å². The molecule has 0 fully saturated rings. The Hall–Kier alpha value is -1.59. The number of guanidine groups is 1. The number of para-hydroxylation sites is 1. The van der Waals surface area contributed by atoms with Crippen LogP contribution in [0.15, 0.2) is 29.3 Å². The zero-order valence-corrected chi connectivity index (χ0v) is 11.3. The third kappa shape index (κ3) is 3.72. The molecular weight excluding hydrogens is 228 g/mol. The number of benzene rings is 1. The van der Waals surface area contributed by atoms with Crippen molar-refractivity contribution in [1.82, 2.24) is 5.43 Å². The summed E-state index contributed by atoms with van der Waals surface area (Å²) >= 11 is 0. The molecule has 3 N–H and O–H groups in total. The molecular formula is C13H22N4O. The molecule has 0 heterocycles. The third-order valence-electron chi connectivity index (χ3n) is 2.66. The van der Waals surface area contributed by atoms with Crippen LogP contribution < -0.4 is 16.2 Å². The summed E-state index contributed by atoms with van der Waals surface area (Å²) in [6.07, 6.45) is 0. The zero-order valence-electron chi connectivity index (χ0n) is 11.3. The molecule has 1 rings (SSSR count). The van der Waals surface area contributed by atoms with Gasteiger partial charge in [-0.3, -0.25) is 5.43 Å². The van der Waals surface area contributed by atoms with Gasteiger partial charge < -0.3 is 9.64 Å². The van der Waals surface area contributed by atoms with E-state index in [-0.39, 0.29) is 0 Å². The van der Waals surface area contributed by atoms with Crippen LogP contribution in [-0.4, -0.2) is 32.8 Å². The van der Waals surface area contributed by atoms with Crippen molar-refractivity contribution in [2.24, 2.45) is 10.8 Å². The first-order valence-corrected chi connectivity index (χ1v) is 6.07. The molecule has 1 aromatic carbocycles. The molecule has 0 atom stereocenters. The summed E-state index contributed by atoms with van der Waals surface area (Å²) in [5.74, 6) is 6.21. The van der Waals surface area contributed by atoms with Crippen LogP contribution in [0.25, 0.3) is 0 Å². The fourth-order valence-electron chi connectivity index (χ4n) is 1.75. The van der Waals surface area contributed by atoms with E-state index in [2.05, 4.69) is 36.4 Å². The van der Waals surface area contributed by atoms with Crippen LogP contribution in [0.1, 0.15) is 12.5 Å². The maximum absolute atomic E-state index is 5.56. The third-order valence-corrected chi connectivity index (χ3v) is 2.66. The van der Waals surface area contributed by atoms with E-state index in [1.54, 1.807) is 7.11 Å². The van der Waals surface area contributed by atoms with Crippen LogP contribution in [0.5, 0.6) is 0 Å². The topological polar surface area (TPSA) is 62.9 Å². The monoisotopic (exact) mass is 250 g/mol. The first-order valence-electron chi connectivity index (χ1n) is 6.07. The van der Waals surface area contributed by atoms with E-state index in [0.29, 0.717) is 19.1 Å². The Labute approximate surface area is 109 Å². The van der Waals surface area contributed by atoms with E-state index in [9.17, 15) is 0 Å². The highest BCUT2D eigenvalue weighted by molar-refractivity contribution is 5.96. The van der Waals surface area contributed by atoms with Gasteiger partial charge in [0.05, 0.1) is 13.2 Å². The predicted octanol–water partition coefficient (Wildman–Crippen LogP) is 1.29. The average Bonchev–Trinajstić information content (AvgIpc) is 2.39. The minimum absolute atomic E-state index is 0.580. The van der Waals surface area contributed by atoms with Crippen LogP contribution in [0.2, 0.25) is 0 Å². The predicted molar refractivity (Wildman–Crippen MR) is 75.7 cm³/mol. The molecule has 0 unspecified atom stereocenters. The number of hydrogen-bond donors (Lipinski definition) is 2. The number of anilines is 1. The van der Waals surface area contributed by atoms with Crippen molar-refractivity contribution in [2.45, 2.75) is 13.8 Å². The highest BCUT2D eigenvalue weighted by Gasteiger charge is 2.12. The SMILES string of the molecule is CCN(C(=NCCOC)NN)c1ccccc1C. The van der Waals surface area contributed by atoms with E-state index >= 15 is 0 Å². The van der Waals surface area contributed by atoms with E-state index in [4.69, 9.17) is 10.6 Å². The largest absolute Gasteiger partial charge is 0.383 e. The summed E-state index contributed by atoms with van der Waals surface area (Å²) in [6, 6.07) is 8.15. The Morgan fingerprint density at radius 1 is 1.44 bits per heavy atom. The quantitative estimate of drug-likeness (QED) is 0.272. The molecule has 0 saturated carbocycles. The highest BCUT2D eigenvalue weighted by Crippen LogP contribution is 2.18. The molecule has 0 aliphatic carbocycles. The number of aryl methyl sites for hydroxylation is 1. The van der Waals surface area contributed by atoms with Crippen molar-refractivity contribution >= 4 is 11.6 Å². The Balaban J connectivity index is 2.93. The number of nitrogens with two attached hydrogens (primary N) is 1. The molecule has 0 radical (unpaired) electrons. The first-order chi connectivity index (χ1) is 8.74. The molecule has 5 nitrogen and oxygen atoms in total. The number of rotatable bonds is 5. The van der Waals surface area contributed by atoms with E-state index in [0.717, 1.165) is 12.2 Å². The fraction of sp³-hybridized carbons (Fsp3) is 0.462. The summed E-state index contributed by atoms with van der Waals surface area (Å²) in [6.45, 7) is 6.09. The van der Waals surface area contributed by atoms with E-state index < -0.39 is 0 Å². The lowest BCUT2D eigenvalue weighted by molar-refractivity contribution is 0.208. The van der Waals surface area contributed by atoms with Gasteiger partial charge in [0.15, 0.2) is 0 Å². The molecule has 0 aliphatic rings. The number of methoxy groups -OCH3 is 1. The van der Waals surface area contributed by atoms with Crippen LogP contribution in [0.4, 0.5) is 5.69 Å². The minimum atomic E-state index is 0.580. The van der Waals surface area contributed by atoms with E-state index in [1.807, 2.05) is 17.0 Å². The van der Waals surface area contributed by atoms with Crippen LogP contribution in [-0.2, 0) is 4.74 Å². The smallest absolute Gasteiger partial charge is 0.213 e. The molecule has 18 heavy (non-hydrogen) atoms. The molecule has 0 spiro atoms. The van der Waals surface area contributed by atoms with Gasteiger partial charge in [0.2, 0.25) is 5.96 Å². The Morgan fingerprint density at radius 3 is 2.72 bits per heavy atom. The van der Waals surface area contributed by atoms with Gasteiger partial charge in [-0.1, -0.05) is 18.2 Å². The summed E-state index contributed by atoms with van der Waals surface area (Å²) < 4.78 is 4.99. The minimum Gasteiger partial charge on any atom is -0.383 e. The molecule has 0 amide bonds. The van der Waals surface area contributed by atoms with Gasteiger partial charge in [0, 0.05) is 19.3 Å². The summed E-state index contributed by atoms with van der Waals surface area (Å²) in [5, 5.41) is 0. The molecule has 1 aromatic rings. The maximum Gasteiger partial charge on any atom is 0.213 e. The Morgan fingerprint density at radius 2 is 2.17 bits per heavy atom. The molecule has 100 valence electrons. The van der Waals surface area contributed by atoms with Crippen molar-refractivity contribution in [3.8, 4) is 0 Å². The lowest BCUT2D eigenvalue weighted by atomic mass is 10.2. The van der Waals surface area contributed by atoms with Gasteiger partial charge >= 0.3 is 0 Å². The highest BCUT2D eigenvalue weighted by atomic mass is 16.5. The number of nitrogens with one attached hydrogen (secondary N) is 1. The van der Waals surface area contributed by atoms with Gasteiger partial charge in [0.1, 0.15) is 0 Å². The summed E-state index contributed by atoms with van der Waals surface area (Å²) in [4.78, 5) is 6.45. The van der Waals surface area contributed by atoms with Crippen LogP contribution in [0, 0.1) is 6.92 Å². The lowest BCUT2D eigenvalue weighted by Crippen LogP contribution is -2.45. The van der Waals surface area contributed by atoms with Gasteiger partial charge in [-0.2, -0.15) is 0 Å². The van der Waals surface area contributed by atoms with Crippen molar-refractivity contribution in [1.29, 1.82) is 0 Å². The van der Waals surface area contributed by atoms with Crippen LogP contribution in [0.3, 0.4) is 0 Å². The van der Waals surface area contributed by atoms with Crippen molar-refractivity contribution in [3.05, 3.63) is 29.8 Å². The Kier molecular flexibility index (Phi) is 6.18. The normalized spacial score (nSPS) is 11.4. The molecule has 5 heteroatoms. The van der Waals surface area contributed by atoms with Crippen molar-refractivity contribution in [2.75, 3.05) is 31.7 Å². The van der Waals surface area contributed by atoms with Gasteiger partial charge in [-0.05, 0) is 25.5 Å². The standard InChI is InChI=1S/C13H22N4O/c1-4-17(12-8-6-5-7-11(12)2)13(16-14)15-9-10-18-3/h5-8H,4,9-10,14H2,1-3H3,(H,15,16). The number of ether oxygens (including phenoxy) is 1. The second kappa shape index (κ2) is 7.68. The van der Waals surface area contributed by atoms with Gasteiger partial charge in [0.25, 0.3) is 0 Å². The van der Waals surface area contributed by atoms with Crippen molar-refractivity contribution in [3.63, 3.8) is 0 Å². The number of hydrazine groups is 1.